The summed E-state index contributed by atoms with van der Waals surface area (Å²) in [6.07, 6.45) is 1.89. The SMILES string of the molecule is COc1ccc(-n2c(C)c[n+]3c2N=C2C3C(=O)N(CCN3CCOCC3)C(=O)N2C)cc1Cl. The topological polar surface area (TPSA) is 83.5 Å². The molecule has 1 atom stereocenters. The molecule has 33 heavy (non-hydrogen) atoms. The molecular formula is C22H26ClN6O4+. The maximum Gasteiger partial charge on any atom is 0.406 e. The fourth-order valence-electron chi connectivity index (χ4n) is 4.57. The Morgan fingerprint density at radius 3 is 2.70 bits per heavy atom. The number of benzene rings is 1. The Bertz CT molecular complexity index is 1160. The molecule has 3 aliphatic rings. The first-order chi connectivity index (χ1) is 15.9. The molecule has 10 nitrogen and oxygen atoms in total. The zero-order valence-electron chi connectivity index (χ0n) is 18.8. The van der Waals surface area contributed by atoms with Gasteiger partial charge < -0.3 is 9.47 Å². The van der Waals surface area contributed by atoms with Crippen LogP contribution in [-0.4, -0.2) is 90.6 Å². The van der Waals surface area contributed by atoms with Gasteiger partial charge in [-0.3, -0.25) is 19.5 Å². The molecule has 0 saturated carbocycles. The lowest BCUT2D eigenvalue weighted by molar-refractivity contribution is -0.676. The molecule has 0 spiro atoms. The van der Waals surface area contributed by atoms with E-state index in [4.69, 9.17) is 26.1 Å². The van der Waals surface area contributed by atoms with E-state index in [0.29, 0.717) is 48.9 Å². The van der Waals surface area contributed by atoms with Crippen molar-refractivity contribution in [3.63, 3.8) is 0 Å². The normalized spacial score (nSPS) is 20.7. The van der Waals surface area contributed by atoms with Crippen LogP contribution in [0.1, 0.15) is 11.7 Å². The predicted octanol–water partition coefficient (Wildman–Crippen LogP) is 1.55. The van der Waals surface area contributed by atoms with Crippen molar-refractivity contribution in [1.29, 1.82) is 0 Å². The number of hydrogen-bond donors (Lipinski definition) is 0. The number of carbonyl (C=O) groups is 2. The van der Waals surface area contributed by atoms with Gasteiger partial charge in [-0.25, -0.2) is 9.36 Å². The summed E-state index contributed by atoms with van der Waals surface area (Å²) in [4.78, 5) is 36.2. The molecule has 5 rings (SSSR count). The van der Waals surface area contributed by atoms with Crippen molar-refractivity contribution in [1.82, 2.24) is 19.3 Å². The average Bonchev–Trinajstić information content (AvgIpc) is 3.32. The summed E-state index contributed by atoms with van der Waals surface area (Å²) in [6.45, 7) is 5.83. The number of fused-ring (bicyclic) bond motifs is 3. The van der Waals surface area contributed by atoms with Crippen LogP contribution in [0.2, 0.25) is 5.02 Å². The van der Waals surface area contributed by atoms with Crippen LogP contribution in [0.25, 0.3) is 5.69 Å². The van der Waals surface area contributed by atoms with Gasteiger partial charge in [-0.05, 0) is 25.1 Å². The van der Waals surface area contributed by atoms with E-state index in [2.05, 4.69) is 4.90 Å². The molecule has 0 N–H and O–H groups in total. The van der Waals surface area contributed by atoms with Crippen LogP contribution in [0.5, 0.6) is 5.75 Å². The van der Waals surface area contributed by atoms with E-state index in [-0.39, 0.29) is 11.9 Å². The van der Waals surface area contributed by atoms with Crippen LogP contribution in [0, 0.1) is 6.92 Å². The van der Waals surface area contributed by atoms with Gasteiger partial charge in [0.1, 0.15) is 23.3 Å². The Hall–Kier alpha value is -2.95. The van der Waals surface area contributed by atoms with Crippen molar-refractivity contribution < 1.29 is 23.6 Å². The van der Waals surface area contributed by atoms with Gasteiger partial charge in [0.05, 0.1) is 25.3 Å². The number of rotatable bonds is 5. The number of amidine groups is 1. The molecule has 0 bridgehead atoms. The fourth-order valence-corrected chi connectivity index (χ4v) is 4.82. The molecule has 3 aliphatic heterocycles. The van der Waals surface area contributed by atoms with E-state index in [1.807, 2.05) is 28.3 Å². The number of likely N-dealkylation sites (N-methyl/N-ethyl adjacent to an activating group) is 1. The van der Waals surface area contributed by atoms with E-state index in [1.54, 1.807) is 26.3 Å². The molecule has 11 heteroatoms. The zero-order valence-corrected chi connectivity index (χ0v) is 19.6. The number of aliphatic imine (C=N–C) groups is 1. The van der Waals surface area contributed by atoms with Crippen LogP contribution in [0.4, 0.5) is 10.7 Å². The first-order valence-electron chi connectivity index (χ1n) is 10.9. The maximum absolute atomic E-state index is 13.5. The predicted molar refractivity (Wildman–Crippen MR) is 121 cm³/mol. The quantitative estimate of drug-likeness (QED) is 0.615. The van der Waals surface area contributed by atoms with Gasteiger partial charge in [0, 0.05) is 33.2 Å². The molecule has 4 heterocycles. The Morgan fingerprint density at radius 2 is 2.00 bits per heavy atom. The Morgan fingerprint density at radius 1 is 1.24 bits per heavy atom. The van der Waals surface area contributed by atoms with Crippen LogP contribution in [0.3, 0.4) is 0 Å². The Labute approximate surface area is 196 Å². The van der Waals surface area contributed by atoms with E-state index in [9.17, 15) is 9.59 Å². The first kappa shape index (κ1) is 21.9. The van der Waals surface area contributed by atoms with Crippen molar-refractivity contribution in [2.75, 3.05) is 53.6 Å². The van der Waals surface area contributed by atoms with Crippen molar-refractivity contribution in [2.45, 2.75) is 13.0 Å². The molecule has 1 unspecified atom stereocenters. The number of urea groups is 1. The zero-order chi connectivity index (χ0) is 23.3. The molecule has 174 valence electrons. The van der Waals surface area contributed by atoms with Crippen molar-refractivity contribution in [3.05, 3.63) is 35.1 Å². The lowest BCUT2D eigenvalue weighted by Crippen LogP contribution is -2.63. The number of nitrogens with zero attached hydrogens (tertiary/aromatic N) is 6. The molecule has 2 aromatic rings. The average molecular weight is 474 g/mol. The third kappa shape index (κ3) is 3.58. The van der Waals surface area contributed by atoms with Gasteiger partial charge >= 0.3 is 12.0 Å². The third-order valence-electron chi connectivity index (χ3n) is 6.35. The minimum atomic E-state index is -0.680. The van der Waals surface area contributed by atoms with Crippen molar-refractivity contribution >= 4 is 35.3 Å². The van der Waals surface area contributed by atoms with Gasteiger partial charge in [0.15, 0.2) is 0 Å². The Balaban J connectivity index is 1.47. The van der Waals surface area contributed by atoms with Gasteiger partial charge in [0.2, 0.25) is 11.9 Å². The molecule has 1 aromatic heterocycles. The monoisotopic (exact) mass is 473 g/mol. The minimum Gasteiger partial charge on any atom is -0.495 e. The third-order valence-corrected chi connectivity index (χ3v) is 6.64. The summed E-state index contributed by atoms with van der Waals surface area (Å²) in [7, 11) is 3.23. The number of imidazole rings is 1. The van der Waals surface area contributed by atoms with E-state index in [1.165, 1.54) is 9.80 Å². The van der Waals surface area contributed by atoms with Crippen LogP contribution in [0.15, 0.2) is 29.4 Å². The fraction of sp³-hybridized carbons (Fsp3) is 0.455. The summed E-state index contributed by atoms with van der Waals surface area (Å²) in [5.74, 6) is 1.30. The van der Waals surface area contributed by atoms with Crippen LogP contribution >= 0.6 is 11.6 Å². The lowest BCUT2D eigenvalue weighted by Gasteiger charge is -2.35. The van der Waals surface area contributed by atoms with Crippen molar-refractivity contribution in [3.8, 4) is 11.4 Å². The summed E-state index contributed by atoms with van der Waals surface area (Å²) >= 11 is 6.35. The highest BCUT2D eigenvalue weighted by Gasteiger charge is 2.53. The second-order valence-electron chi connectivity index (χ2n) is 8.29. The molecule has 1 aromatic carbocycles. The summed E-state index contributed by atoms with van der Waals surface area (Å²) in [6, 6.07) is 4.43. The largest absolute Gasteiger partial charge is 0.495 e. The number of ether oxygens (including phenoxy) is 2. The number of methoxy groups -OCH3 is 1. The summed E-state index contributed by atoms with van der Waals surface area (Å²) in [5.41, 5.74) is 1.68. The molecule has 2 saturated heterocycles. The number of imide groups is 1. The number of carbonyl (C=O) groups excluding carboxylic acids is 2. The number of amides is 3. The molecular weight excluding hydrogens is 448 g/mol. The number of halogens is 1. The number of morpholine rings is 1. The van der Waals surface area contributed by atoms with E-state index >= 15 is 0 Å². The highest BCUT2D eigenvalue weighted by Crippen LogP contribution is 2.33. The highest BCUT2D eigenvalue weighted by molar-refractivity contribution is 6.32. The van der Waals surface area contributed by atoms with Crippen LogP contribution < -0.4 is 9.30 Å². The van der Waals surface area contributed by atoms with Gasteiger partial charge in [-0.1, -0.05) is 16.6 Å². The molecule has 3 amide bonds. The second-order valence-corrected chi connectivity index (χ2v) is 8.70. The maximum atomic E-state index is 13.5. The van der Waals surface area contributed by atoms with Crippen LogP contribution in [-0.2, 0) is 9.53 Å². The standard InChI is InChI=1S/C22H26ClN6O4/c1-14-13-28-18-19(24-21(28)29(14)15-4-5-17(32-3)16(23)12-15)25(2)22(31)27(20(18)30)7-6-26-8-10-33-11-9-26/h4-5,12-13,18H,6-11H2,1-3H3/q+1. The number of aryl methyl sites for hydroxylation is 1. The molecule has 0 radical (unpaired) electrons. The van der Waals surface area contributed by atoms with Gasteiger partial charge in [0.25, 0.3) is 5.91 Å². The van der Waals surface area contributed by atoms with E-state index in [0.717, 1.165) is 24.5 Å². The number of aromatic nitrogens is 2. The van der Waals surface area contributed by atoms with Gasteiger partial charge in [-0.15, -0.1) is 0 Å². The second kappa shape index (κ2) is 8.44. The van der Waals surface area contributed by atoms with E-state index < -0.39 is 6.04 Å². The smallest absolute Gasteiger partial charge is 0.406 e. The van der Waals surface area contributed by atoms with Crippen molar-refractivity contribution in [2.24, 2.45) is 4.99 Å². The highest BCUT2D eigenvalue weighted by atomic mass is 35.5. The molecule has 0 aliphatic carbocycles. The summed E-state index contributed by atoms with van der Waals surface area (Å²) < 4.78 is 14.4. The molecule has 2 fully saturated rings. The first-order valence-corrected chi connectivity index (χ1v) is 11.2. The van der Waals surface area contributed by atoms with Gasteiger partial charge in [-0.2, -0.15) is 4.57 Å². The summed E-state index contributed by atoms with van der Waals surface area (Å²) in [5, 5.41) is 0.475. The lowest BCUT2D eigenvalue weighted by atomic mass is 10.1. The number of hydrogen-bond acceptors (Lipinski definition) is 6. The minimum absolute atomic E-state index is 0.265. The Kier molecular flexibility index (Phi) is 5.59.